The van der Waals surface area contributed by atoms with Crippen molar-refractivity contribution in [1.29, 1.82) is 0 Å². The molecule has 0 bridgehead atoms. The number of aliphatic hydroxyl groups is 1. The Hall–Kier alpha value is -1.95. The molecule has 0 spiro atoms. The van der Waals surface area contributed by atoms with Crippen molar-refractivity contribution in [3.63, 3.8) is 0 Å². The van der Waals surface area contributed by atoms with Crippen molar-refractivity contribution in [3.05, 3.63) is 35.6 Å². The predicted molar refractivity (Wildman–Crippen MR) is 61.6 cm³/mol. The third kappa shape index (κ3) is 4.50. The van der Waals surface area contributed by atoms with Crippen LogP contribution in [0.1, 0.15) is 16.8 Å². The summed E-state index contributed by atoms with van der Waals surface area (Å²) in [5.41, 5.74) is 0.155. The van der Waals surface area contributed by atoms with E-state index in [1.165, 1.54) is 18.2 Å². The number of aliphatic hydroxyl groups excluding tert-OH is 1. The first-order chi connectivity index (χ1) is 8.52. The van der Waals surface area contributed by atoms with Gasteiger partial charge in [0.15, 0.2) is 0 Å². The van der Waals surface area contributed by atoms with E-state index >= 15 is 0 Å². The predicted octanol–water partition coefficient (Wildman–Crippen LogP) is 0.639. The highest BCUT2D eigenvalue weighted by Crippen LogP contribution is 2.05. The number of carbonyl (C=O) groups is 2. The van der Waals surface area contributed by atoms with E-state index in [0.29, 0.717) is 0 Å². The number of carboxylic acid groups (broad SMARTS) is 1. The fraction of sp³-hybridized carbons (Fsp3) is 0.333. The summed E-state index contributed by atoms with van der Waals surface area (Å²) in [5, 5.41) is 19.9. The van der Waals surface area contributed by atoms with Crippen molar-refractivity contribution in [2.75, 3.05) is 13.2 Å². The number of benzene rings is 1. The van der Waals surface area contributed by atoms with Crippen molar-refractivity contribution in [3.8, 4) is 0 Å². The molecule has 0 saturated heterocycles. The molecule has 1 rings (SSSR count). The van der Waals surface area contributed by atoms with Crippen LogP contribution in [0.2, 0.25) is 0 Å². The third-order valence-electron chi connectivity index (χ3n) is 2.36. The van der Waals surface area contributed by atoms with Gasteiger partial charge in [0.1, 0.15) is 5.82 Å². The first kappa shape index (κ1) is 14.1. The van der Waals surface area contributed by atoms with Crippen LogP contribution in [0.25, 0.3) is 0 Å². The van der Waals surface area contributed by atoms with Crippen LogP contribution in [0.4, 0.5) is 4.39 Å². The number of hydrogen-bond donors (Lipinski definition) is 3. The maximum absolute atomic E-state index is 12.9. The van der Waals surface area contributed by atoms with Gasteiger partial charge in [0.05, 0.1) is 6.42 Å². The lowest BCUT2D eigenvalue weighted by Crippen LogP contribution is -2.32. The number of halogens is 1. The van der Waals surface area contributed by atoms with Crippen molar-refractivity contribution in [2.45, 2.75) is 6.42 Å². The molecular formula is C12H14FNO4. The van der Waals surface area contributed by atoms with Gasteiger partial charge in [0.25, 0.3) is 5.91 Å². The van der Waals surface area contributed by atoms with Crippen LogP contribution in [-0.4, -0.2) is 35.2 Å². The summed E-state index contributed by atoms with van der Waals surface area (Å²) in [6, 6.07) is 5.16. The van der Waals surface area contributed by atoms with Gasteiger partial charge >= 0.3 is 5.97 Å². The van der Waals surface area contributed by atoms with Crippen LogP contribution in [0, 0.1) is 11.7 Å². The molecular weight excluding hydrogens is 241 g/mol. The fourth-order valence-electron chi connectivity index (χ4n) is 1.42. The van der Waals surface area contributed by atoms with Gasteiger partial charge in [-0.1, -0.05) is 6.07 Å². The van der Waals surface area contributed by atoms with Gasteiger partial charge in [-0.05, 0) is 18.2 Å². The summed E-state index contributed by atoms with van der Waals surface area (Å²) in [4.78, 5) is 22.1. The molecule has 0 saturated carbocycles. The molecule has 1 amide bonds. The van der Waals surface area contributed by atoms with Gasteiger partial charge in [0, 0.05) is 24.6 Å². The summed E-state index contributed by atoms with van der Waals surface area (Å²) < 4.78 is 12.9. The van der Waals surface area contributed by atoms with E-state index in [4.69, 9.17) is 10.2 Å². The van der Waals surface area contributed by atoms with Gasteiger partial charge in [0.2, 0.25) is 0 Å². The molecule has 0 aliphatic carbocycles. The Labute approximate surface area is 103 Å². The molecule has 1 atom stereocenters. The zero-order valence-corrected chi connectivity index (χ0v) is 9.60. The number of hydrogen-bond acceptors (Lipinski definition) is 3. The second-order valence-electron chi connectivity index (χ2n) is 3.87. The normalized spacial score (nSPS) is 11.9. The van der Waals surface area contributed by atoms with E-state index in [0.717, 1.165) is 6.07 Å². The van der Waals surface area contributed by atoms with Gasteiger partial charge in [-0.2, -0.15) is 0 Å². The average Bonchev–Trinajstić information content (AvgIpc) is 2.33. The fourth-order valence-corrected chi connectivity index (χ4v) is 1.42. The second-order valence-corrected chi connectivity index (χ2v) is 3.87. The SMILES string of the molecule is O=C(O)CC(CO)CNC(=O)c1cccc(F)c1. The highest BCUT2D eigenvalue weighted by Gasteiger charge is 2.14. The molecule has 6 heteroatoms. The molecule has 0 radical (unpaired) electrons. The van der Waals surface area contributed by atoms with Crippen LogP contribution in [0.15, 0.2) is 24.3 Å². The summed E-state index contributed by atoms with van der Waals surface area (Å²) in [5.74, 6) is -2.63. The molecule has 0 aliphatic heterocycles. The van der Waals surface area contributed by atoms with Gasteiger partial charge < -0.3 is 15.5 Å². The minimum absolute atomic E-state index is 0.0259. The van der Waals surface area contributed by atoms with E-state index < -0.39 is 23.6 Å². The molecule has 5 nitrogen and oxygen atoms in total. The molecule has 1 aromatic rings. The molecule has 3 N–H and O–H groups in total. The molecule has 0 heterocycles. The van der Waals surface area contributed by atoms with E-state index in [-0.39, 0.29) is 25.1 Å². The Bertz CT molecular complexity index is 436. The van der Waals surface area contributed by atoms with Gasteiger partial charge in [-0.15, -0.1) is 0 Å². The Morgan fingerprint density at radius 3 is 2.67 bits per heavy atom. The Morgan fingerprint density at radius 2 is 2.11 bits per heavy atom. The van der Waals surface area contributed by atoms with Crippen LogP contribution in [-0.2, 0) is 4.79 Å². The largest absolute Gasteiger partial charge is 0.481 e. The molecule has 0 aromatic heterocycles. The molecule has 18 heavy (non-hydrogen) atoms. The maximum atomic E-state index is 12.9. The standard InChI is InChI=1S/C12H14FNO4/c13-10-3-1-2-9(5-10)12(18)14-6-8(7-15)4-11(16)17/h1-3,5,8,15H,4,6-7H2,(H,14,18)(H,16,17). The number of carboxylic acids is 1. The van der Waals surface area contributed by atoms with Crippen molar-refractivity contribution in [1.82, 2.24) is 5.32 Å². The van der Waals surface area contributed by atoms with Crippen LogP contribution >= 0.6 is 0 Å². The highest BCUT2D eigenvalue weighted by molar-refractivity contribution is 5.94. The number of rotatable bonds is 6. The summed E-state index contributed by atoms with van der Waals surface area (Å²) in [6.07, 6.45) is -0.236. The van der Waals surface area contributed by atoms with Crippen molar-refractivity contribution < 1.29 is 24.2 Å². The Kier molecular flexibility index (Phi) is 5.26. The van der Waals surface area contributed by atoms with E-state index in [9.17, 15) is 14.0 Å². The summed E-state index contributed by atoms with van der Waals surface area (Å²) in [6.45, 7) is -0.312. The molecule has 0 fully saturated rings. The topological polar surface area (TPSA) is 86.6 Å². The minimum atomic E-state index is -1.05. The van der Waals surface area contributed by atoms with Gasteiger partial charge in [-0.25, -0.2) is 4.39 Å². The zero-order valence-electron chi connectivity index (χ0n) is 9.60. The first-order valence-corrected chi connectivity index (χ1v) is 5.39. The summed E-state index contributed by atoms with van der Waals surface area (Å²) >= 11 is 0. The van der Waals surface area contributed by atoms with E-state index in [2.05, 4.69) is 5.32 Å². The van der Waals surface area contributed by atoms with E-state index in [1.807, 2.05) is 0 Å². The highest BCUT2D eigenvalue weighted by atomic mass is 19.1. The lowest BCUT2D eigenvalue weighted by Gasteiger charge is -2.12. The number of carbonyl (C=O) groups excluding carboxylic acids is 1. The molecule has 98 valence electrons. The lowest BCUT2D eigenvalue weighted by molar-refractivity contribution is -0.138. The minimum Gasteiger partial charge on any atom is -0.481 e. The average molecular weight is 255 g/mol. The molecule has 1 unspecified atom stereocenters. The van der Waals surface area contributed by atoms with Crippen molar-refractivity contribution in [2.24, 2.45) is 5.92 Å². The maximum Gasteiger partial charge on any atom is 0.303 e. The van der Waals surface area contributed by atoms with Crippen LogP contribution < -0.4 is 5.32 Å². The smallest absolute Gasteiger partial charge is 0.303 e. The number of amides is 1. The number of aliphatic carboxylic acids is 1. The van der Waals surface area contributed by atoms with Gasteiger partial charge in [-0.3, -0.25) is 9.59 Å². The monoisotopic (exact) mass is 255 g/mol. The number of nitrogens with one attached hydrogen (secondary N) is 1. The second kappa shape index (κ2) is 6.70. The zero-order chi connectivity index (χ0) is 13.5. The Balaban J connectivity index is 2.52. The first-order valence-electron chi connectivity index (χ1n) is 5.39. The Morgan fingerprint density at radius 1 is 1.39 bits per heavy atom. The quantitative estimate of drug-likeness (QED) is 0.696. The van der Waals surface area contributed by atoms with E-state index in [1.54, 1.807) is 0 Å². The molecule has 1 aromatic carbocycles. The van der Waals surface area contributed by atoms with Crippen molar-refractivity contribution >= 4 is 11.9 Å². The summed E-state index contributed by atoms with van der Waals surface area (Å²) in [7, 11) is 0. The van der Waals surface area contributed by atoms with Crippen LogP contribution in [0.5, 0.6) is 0 Å². The van der Waals surface area contributed by atoms with Crippen LogP contribution in [0.3, 0.4) is 0 Å². The molecule has 0 aliphatic rings. The lowest BCUT2D eigenvalue weighted by atomic mass is 10.1. The third-order valence-corrected chi connectivity index (χ3v) is 2.36.